The smallest absolute Gasteiger partial charge is 0.224 e. The molecule has 2 aliphatic heterocycles. The van der Waals surface area contributed by atoms with E-state index < -0.39 is 0 Å². The van der Waals surface area contributed by atoms with Crippen molar-refractivity contribution in [2.75, 3.05) is 30.0 Å². The van der Waals surface area contributed by atoms with Crippen LogP contribution >= 0.6 is 0 Å². The second-order valence-electron chi connectivity index (χ2n) is 12.3. The number of nitrogens with one attached hydrogen (secondary N) is 3. The van der Waals surface area contributed by atoms with Gasteiger partial charge in [-0.3, -0.25) is 30.1 Å². The van der Waals surface area contributed by atoms with Crippen molar-refractivity contribution in [3.05, 3.63) is 66.0 Å². The Labute approximate surface area is 252 Å². The van der Waals surface area contributed by atoms with Crippen LogP contribution in [0.4, 0.5) is 11.4 Å². The van der Waals surface area contributed by atoms with Crippen molar-refractivity contribution < 1.29 is 4.79 Å². The zero-order valence-corrected chi connectivity index (χ0v) is 24.9. The van der Waals surface area contributed by atoms with Crippen LogP contribution in [0.15, 0.2) is 54.2 Å². The maximum atomic E-state index is 12.8. The highest BCUT2D eigenvalue weighted by atomic mass is 16.1. The van der Waals surface area contributed by atoms with Gasteiger partial charge in [-0.25, -0.2) is 0 Å². The first-order valence-corrected chi connectivity index (χ1v) is 15.9. The molecule has 9 nitrogen and oxygen atoms in total. The number of carbonyl (C=O) groups is 1. The van der Waals surface area contributed by atoms with Gasteiger partial charge in [0.25, 0.3) is 0 Å². The van der Waals surface area contributed by atoms with E-state index in [4.69, 9.17) is 9.98 Å². The van der Waals surface area contributed by atoms with Crippen LogP contribution in [0.5, 0.6) is 0 Å². The van der Waals surface area contributed by atoms with E-state index in [-0.39, 0.29) is 11.9 Å². The highest BCUT2D eigenvalue weighted by Crippen LogP contribution is 2.33. The largest absolute Gasteiger partial charge is 0.370 e. The Bertz CT molecular complexity index is 1650. The van der Waals surface area contributed by atoms with Crippen molar-refractivity contribution in [2.45, 2.75) is 70.8 Å². The number of aromatic amines is 1. The number of amides is 1. The number of aromatic nitrogens is 4. The standard InChI is InChI=1S/C34H40N8O/c1-22-28-18-37-29(24-13-25(17-35-16-24)40-33(43)12-23-8-4-2-5-9-23)14-26(28)34(39-21-38-22)30-15-27-31(41-30)19-36-20-32(27)42-10-6-3-7-11-42/h13-20,22-23,38,41H,2-12,21H2,1H3,(H,40,43)/t22-/m1/s1. The van der Waals surface area contributed by atoms with Gasteiger partial charge in [-0.2, -0.15) is 0 Å². The van der Waals surface area contributed by atoms with Gasteiger partial charge >= 0.3 is 0 Å². The van der Waals surface area contributed by atoms with Crippen molar-refractivity contribution in [2.24, 2.45) is 10.9 Å². The lowest BCUT2D eigenvalue weighted by Crippen LogP contribution is -2.29. The number of rotatable bonds is 6. The Balaban J connectivity index is 1.19. The molecule has 1 saturated heterocycles. The zero-order chi connectivity index (χ0) is 29.2. The molecule has 7 rings (SSSR count). The summed E-state index contributed by atoms with van der Waals surface area (Å²) >= 11 is 0. The number of piperidine rings is 1. The van der Waals surface area contributed by atoms with Gasteiger partial charge in [0.05, 0.1) is 59.3 Å². The lowest BCUT2D eigenvalue weighted by atomic mass is 9.87. The summed E-state index contributed by atoms with van der Waals surface area (Å²) in [4.78, 5) is 37.8. The van der Waals surface area contributed by atoms with Crippen LogP contribution in [-0.4, -0.2) is 51.3 Å². The molecule has 9 heteroatoms. The van der Waals surface area contributed by atoms with Crippen LogP contribution in [-0.2, 0) is 4.79 Å². The minimum atomic E-state index is 0.0623. The van der Waals surface area contributed by atoms with E-state index in [2.05, 4.69) is 49.5 Å². The lowest BCUT2D eigenvalue weighted by molar-refractivity contribution is -0.117. The molecule has 1 saturated carbocycles. The van der Waals surface area contributed by atoms with E-state index in [9.17, 15) is 4.79 Å². The van der Waals surface area contributed by atoms with Gasteiger partial charge in [-0.15, -0.1) is 0 Å². The Morgan fingerprint density at radius 2 is 1.77 bits per heavy atom. The molecule has 4 aromatic rings. The van der Waals surface area contributed by atoms with Gasteiger partial charge in [-0.1, -0.05) is 19.3 Å². The minimum absolute atomic E-state index is 0.0623. The molecule has 0 bridgehead atoms. The van der Waals surface area contributed by atoms with Gasteiger partial charge in [0, 0.05) is 54.5 Å². The van der Waals surface area contributed by atoms with Crippen molar-refractivity contribution in [1.29, 1.82) is 0 Å². The molecule has 6 heterocycles. The maximum Gasteiger partial charge on any atom is 0.224 e. The van der Waals surface area contributed by atoms with Crippen molar-refractivity contribution in [1.82, 2.24) is 25.3 Å². The fourth-order valence-corrected chi connectivity index (χ4v) is 6.93. The summed E-state index contributed by atoms with van der Waals surface area (Å²) in [5, 5.41) is 7.76. The highest BCUT2D eigenvalue weighted by molar-refractivity contribution is 6.15. The number of pyridine rings is 3. The van der Waals surface area contributed by atoms with Gasteiger partial charge in [0.2, 0.25) is 5.91 Å². The molecule has 1 aliphatic carbocycles. The molecular formula is C34H40N8O. The van der Waals surface area contributed by atoms with E-state index in [1.54, 1.807) is 12.4 Å². The molecule has 0 radical (unpaired) electrons. The molecule has 0 spiro atoms. The zero-order valence-electron chi connectivity index (χ0n) is 24.9. The predicted molar refractivity (Wildman–Crippen MR) is 172 cm³/mol. The Morgan fingerprint density at radius 3 is 2.63 bits per heavy atom. The van der Waals surface area contributed by atoms with E-state index in [1.807, 2.05) is 24.7 Å². The first kappa shape index (κ1) is 27.7. The predicted octanol–water partition coefficient (Wildman–Crippen LogP) is 6.38. The quantitative estimate of drug-likeness (QED) is 0.246. The van der Waals surface area contributed by atoms with Gasteiger partial charge in [0.15, 0.2) is 0 Å². The molecule has 2 fully saturated rings. The number of H-pyrrole nitrogens is 1. The van der Waals surface area contributed by atoms with Gasteiger partial charge in [0.1, 0.15) is 0 Å². The molecule has 4 aromatic heterocycles. The van der Waals surface area contributed by atoms with Crippen LogP contribution in [0.1, 0.15) is 87.6 Å². The number of anilines is 2. The monoisotopic (exact) mass is 576 g/mol. The Morgan fingerprint density at radius 1 is 0.953 bits per heavy atom. The summed E-state index contributed by atoms with van der Waals surface area (Å²) in [7, 11) is 0. The molecule has 222 valence electrons. The average Bonchev–Trinajstić information content (AvgIpc) is 3.40. The van der Waals surface area contributed by atoms with Crippen molar-refractivity contribution >= 4 is 33.9 Å². The maximum absolute atomic E-state index is 12.8. The van der Waals surface area contributed by atoms with Crippen LogP contribution in [0.25, 0.3) is 22.2 Å². The second kappa shape index (κ2) is 12.2. The molecule has 1 amide bonds. The first-order chi connectivity index (χ1) is 21.1. The number of hydrogen-bond acceptors (Lipinski definition) is 7. The summed E-state index contributed by atoms with van der Waals surface area (Å²) in [6.45, 7) is 4.79. The third-order valence-electron chi connectivity index (χ3n) is 9.28. The molecule has 0 unspecified atom stereocenters. The fourth-order valence-electron chi connectivity index (χ4n) is 6.93. The van der Waals surface area contributed by atoms with Crippen LogP contribution in [0.2, 0.25) is 0 Å². The summed E-state index contributed by atoms with van der Waals surface area (Å²) < 4.78 is 0. The Hall–Kier alpha value is -4.11. The number of aliphatic imine (C=N–C) groups is 1. The molecule has 3 aliphatic rings. The minimum Gasteiger partial charge on any atom is -0.370 e. The third kappa shape index (κ3) is 5.91. The average molecular weight is 577 g/mol. The number of hydrogen-bond donors (Lipinski definition) is 3. The summed E-state index contributed by atoms with van der Waals surface area (Å²) in [5.41, 5.74) is 8.56. The van der Waals surface area contributed by atoms with Gasteiger partial charge in [-0.05, 0) is 68.7 Å². The molecule has 3 N–H and O–H groups in total. The normalized spacial score (nSPS) is 19.5. The number of fused-ring (bicyclic) bond motifs is 2. The van der Waals surface area contributed by atoms with Gasteiger partial charge < -0.3 is 15.2 Å². The first-order valence-electron chi connectivity index (χ1n) is 15.9. The SMILES string of the molecule is C[C@H]1NCN=C(c2cc3c(N4CCCCC4)cncc3[nH]2)c2cc(-c3cncc(NC(=O)CC4CCCCC4)c3)ncc21. The van der Waals surface area contributed by atoms with Crippen molar-refractivity contribution in [3.63, 3.8) is 0 Å². The van der Waals surface area contributed by atoms with E-state index >= 15 is 0 Å². The summed E-state index contributed by atoms with van der Waals surface area (Å²) in [5.74, 6) is 0.549. The molecule has 0 aromatic carbocycles. The number of nitrogens with zero attached hydrogens (tertiary/aromatic N) is 5. The van der Waals surface area contributed by atoms with E-state index in [0.29, 0.717) is 24.7 Å². The topological polar surface area (TPSA) is 111 Å². The summed E-state index contributed by atoms with van der Waals surface area (Å²) in [6, 6.07) is 6.40. The second-order valence-corrected chi connectivity index (χ2v) is 12.3. The van der Waals surface area contributed by atoms with Crippen LogP contribution in [0.3, 0.4) is 0 Å². The van der Waals surface area contributed by atoms with Crippen molar-refractivity contribution in [3.8, 4) is 11.3 Å². The highest BCUT2D eigenvalue weighted by Gasteiger charge is 2.24. The molecule has 1 atom stereocenters. The van der Waals surface area contributed by atoms with Crippen LogP contribution in [0, 0.1) is 5.92 Å². The Kier molecular flexibility index (Phi) is 7.89. The third-order valence-corrected chi connectivity index (χ3v) is 9.28. The fraction of sp³-hybridized carbons (Fsp3) is 0.441. The lowest BCUT2D eigenvalue weighted by Gasteiger charge is -2.28. The number of carbonyl (C=O) groups excluding carboxylic acids is 1. The molecule has 43 heavy (non-hydrogen) atoms. The summed E-state index contributed by atoms with van der Waals surface area (Å²) in [6.07, 6.45) is 19.7. The molecular weight excluding hydrogens is 536 g/mol. The van der Waals surface area contributed by atoms with E-state index in [0.717, 1.165) is 65.2 Å². The van der Waals surface area contributed by atoms with E-state index in [1.165, 1.54) is 49.6 Å². The van der Waals surface area contributed by atoms with Crippen LogP contribution < -0.4 is 15.5 Å².